The fourth-order valence-corrected chi connectivity index (χ4v) is 8.28. The predicted octanol–water partition coefficient (Wildman–Crippen LogP) is 3.76. The summed E-state index contributed by atoms with van der Waals surface area (Å²) in [5.74, 6) is -0.237. The first-order valence-electron chi connectivity index (χ1n) is 17.3. The maximum atomic E-state index is 14.1. The number of hydrogen-bond acceptors (Lipinski definition) is 9. The van der Waals surface area contributed by atoms with Crippen molar-refractivity contribution in [1.29, 1.82) is 0 Å². The van der Waals surface area contributed by atoms with Gasteiger partial charge in [0.2, 0.25) is 21.8 Å². The van der Waals surface area contributed by atoms with Gasteiger partial charge in [0.1, 0.15) is 23.4 Å². The van der Waals surface area contributed by atoms with Crippen molar-refractivity contribution in [1.82, 2.24) is 30.2 Å². The third kappa shape index (κ3) is 6.72. The predicted molar refractivity (Wildman–Crippen MR) is 186 cm³/mol. The maximum Gasteiger partial charge on any atom is 0.318 e. The quantitative estimate of drug-likeness (QED) is 0.311. The number of hydrogen-bond donors (Lipinski definition) is 3. The lowest BCUT2D eigenvalue weighted by Gasteiger charge is -2.26. The van der Waals surface area contributed by atoms with Crippen molar-refractivity contribution < 1.29 is 32.3 Å². The minimum Gasteiger partial charge on any atom is -0.496 e. The lowest BCUT2D eigenvalue weighted by Crippen LogP contribution is -2.57. The van der Waals surface area contributed by atoms with Gasteiger partial charge in [0.15, 0.2) is 5.82 Å². The van der Waals surface area contributed by atoms with Crippen LogP contribution in [0, 0.1) is 12.8 Å². The molecule has 3 fully saturated rings. The number of aryl methyl sites for hydroxylation is 1. The molecule has 3 aromatic rings. The van der Waals surface area contributed by atoms with E-state index in [0.717, 1.165) is 36.8 Å². The minimum atomic E-state index is -3.84. The summed E-state index contributed by atoms with van der Waals surface area (Å²) in [5, 5.41) is 5.90. The molecule has 3 N–H and O–H groups in total. The van der Waals surface area contributed by atoms with Crippen LogP contribution >= 0.6 is 0 Å². The van der Waals surface area contributed by atoms with E-state index in [1.807, 2.05) is 61.5 Å². The molecule has 1 saturated heterocycles. The fourth-order valence-electron chi connectivity index (χ4n) is 6.91. The Kier molecular flexibility index (Phi) is 9.14. The topological polar surface area (TPSA) is 169 Å². The van der Waals surface area contributed by atoms with Gasteiger partial charge in [-0.15, -0.1) is 0 Å². The van der Waals surface area contributed by atoms with E-state index in [0.29, 0.717) is 47.7 Å². The molecule has 2 aliphatic carbocycles. The second kappa shape index (κ2) is 13.5. The molecule has 264 valence electrons. The summed E-state index contributed by atoms with van der Waals surface area (Å²) in [4.78, 5) is 52.4. The number of aromatic nitrogens is 2. The second-order valence-electron chi connectivity index (χ2n) is 13.6. The van der Waals surface area contributed by atoms with Crippen molar-refractivity contribution in [3.63, 3.8) is 0 Å². The van der Waals surface area contributed by atoms with E-state index in [9.17, 15) is 22.8 Å². The summed E-state index contributed by atoms with van der Waals surface area (Å²) in [6.45, 7) is 2.45. The summed E-state index contributed by atoms with van der Waals surface area (Å²) in [5.41, 5.74) is 0.826. The summed E-state index contributed by atoms with van der Waals surface area (Å²) >= 11 is 0. The molecule has 0 bridgehead atoms. The average Bonchev–Trinajstić information content (AvgIpc) is 4.03. The fraction of sp³-hybridized carbons (Fsp3) is 0.472. The average molecular weight is 703 g/mol. The number of sulfonamides is 1. The molecule has 2 aliphatic heterocycles. The Morgan fingerprint density at radius 1 is 1.06 bits per heavy atom. The van der Waals surface area contributed by atoms with Crippen LogP contribution in [0.5, 0.6) is 11.6 Å². The highest BCUT2D eigenvalue weighted by Gasteiger charge is 2.62. The SMILES string of the molecule is COc1ccc2c(O[C@@H]3C[C@H]4C(=O)N[C@]5(C(=O)NS(=O)(=O)C6CC6)C[C@@H]5/C=C\CCCCCNC(=O)N4C3)nc(-c3ccccc3)nc2c1C. The Bertz CT molecular complexity index is 1950. The van der Waals surface area contributed by atoms with Crippen LogP contribution in [-0.2, 0) is 19.6 Å². The van der Waals surface area contributed by atoms with Gasteiger partial charge in [0, 0.05) is 30.0 Å². The number of rotatable bonds is 7. The van der Waals surface area contributed by atoms with Gasteiger partial charge in [-0.1, -0.05) is 48.9 Å². The smallest absolute Gasteiger partial charge is 0.318 e. The number of ether oxygens (including phenoxy) is 2. The number of allylic oxidation sites excluding steroid dienone is 1. The van der Waals surface area contributed by atoms with Crippen LogP contribution in [0.2, 0.25) is 0 Å². The highest BCUT2D eigenvalue weighted by molar-refractivity contribution is 7.91. The Morgan fingerprint density at radius 3 is 2.62 bits per heavy atom. The van der Waals surface area contributed by atoms with Crippen molar-refractivity contribution in [2.24, 2.45) is 5.92 Å². The Labute approximate surface area is 291 Å². The second-order valence-corrected chi connectivity index (χ2v) is 15.6. The molecule has 0 radical (unpaired) electrons. The van der Waals surface area contributed by atoms with Crippen LogP contribution in [0.15, 0.2) is 54.6 Å². The molecular weight excluding hydrogens is 660 g/mol. The van der Waals surface area contributed by atoms with Crippen LogP contribution in [-0.4, -0.2) is 84.3 Å². The lowest BCUT2D eigenvalue weighted by molar-refractivity contribution is -0.131. The van der Waals surface area contributed by atoms with Crippen molar-refractivity contribution in [3.8, 4) is 23.0 Å². The number of urea groups is 1. The summed E-state index contributed by atoms with van der Waals surface area (Å²) in [7, 11) is -2.24. The number of carbonyl (C=O) groups is 3. The highest BCUT2D eigenvalue weighted by atomic mass is 32.2. The minimum absolute atomic E-state index is 0.0871. The maximum absolute atomic E-state index is 14.1. The van der Waals surface area contributed by atoms with Crippen LogP contribution in [0.1, 0.15) is 56.9 Å². The molecular formula is C36H42N6O7S. The third-order valence-corrected chi connectivity index (χ3v) is 11.9. The molecule has 7 rings (SSSR count). The highest BCUT2D eigenvalue weighted by Crippen LogP contribution is 2.46. The summed E-state index contributed by atoms with van der Waals surface area (Å²) < 4.78 is 39.8. The summed E-state index contributed by atoms with van der Waals surface area (Å²) in [6, 6.07) is 11.8. The molecule has 14 heteroatoms. The zero-order valence-electron chi connectivity index (χ0n) is 28.2. The van der Waals surface area contributed by atoms with Gasteiger partial charge in [-0.05, 0) is 57.6 Å². The standard InChI is InChI=1S/C36H42N6O7S/c1-22-29(48-2)17-16-27-30(22)38-31(23-11-7-6-8-12-23)39-33(27)49-25-19-28-32(43)40-36(34(44)41-50(46,47)26-14-15-26)20-24(36)13-9-4-3-5-10-18-37-35(45)42(28)21-25/h6-9,11-13,16-17,24-26,28H,3-5,10,14-15,18-21H2,1-2H3,(H,37,45)(H,40,43)(H,41,44)/b13-9-/t24-,25+,28-,36+/m0/s1. The molecule has 0 spiro atoms. The van der Waals surface area contributed by atoms with E-state index < -0.39 is 50.8 Å². The van der Waals surface area contributed by atoms with Gasteiger partial charge in [-0.2, -0.15) is 4.98 Å². The Morgan fingerprint density at radius 2 is 1.86 bits per heavy atom. The molecule has 4 aliphatic rings. The van der Waals surface area contributed by atoms with E-state index in [1.54, 1.807) is 7.11 Å². The first-order chi connectivity index (χ1) is 24.1. The van der Waals surface area contributed by atoms with E-state index in [2.05, 4.69) is 15.4 Å². The first-order valence-corrected chi connectivity index (χ1v) is 18.8. The Balaban J connectivity index is 1.19. The number of carbonyl (C=O) groups excluding carboxylic acids is 3. The van der Waals surface area contributed by atoms with E-state index in [4.69, 9.17) is 19.4 Å². The molecule has 50 heavy (non-hydrogen) atoms. The van der Waals surface area contributed by atoms with E-state index in [1.165, 1.54) is 4.90 Å². The number of methoxy groups -OCH3 is 1. The first kappa shape index (κ1) is 33.8. The van der Waals surface area contributed by atoms with E-state index >= 15 is 0 Å². The lowest BCUT2D eigenvalue weighted by atomic mass is 10.1. The van der Waals surface area contributed by atoms with Crippen molar-refractivity contribution in [2.45, 2.75) is 81.2 Å². The number of nitrogens with zero attached hydrogens (tertiary/aromatic N) is 3. The van der Waals surface area contributed by atoms with Gasteiger partial charge in [0.05, 0.1) is 29.8 Å². The van der Waals surface area contributed by atoms with Crippen LogP contribution in [0.3, 0.4) is 0 Å². The number of amides is 4. The molecule has 13 nitrogen and oxygen atoms in total. The van der Waals surface area contributed by atoms with Crippen LogP contribution in [0.4, 0.5) is 4.79 Å². The van der Waals surface area contributed by atoms with E-state index in [-0.39, 0.29) is 25.3 Å². The van der Waals surface area contributed by atoms with Gasteiger partial charge in [0.25, 0.3) is 5.91 Å². The van der Waals surface area contributed by atoms with Crippen LogP contribution < -0.4 is 24.8 Å². The Hall–Kier alpha value is -4.72. The van der Waals surface area contributed by atoms with Gasteiger partial charge >= 0.3 is 6.03 Å². The molecule has 4 amide bonds. The molecule has 2 saturated carbocycles. The number of nitrogens with one attached hydrogen (secondary N) is 3. The van der Waals surface area contributed by atoms with Gasteiger partial charge in [-0.25, -0.2) is 18.2 Å². The van der Waals surface area contributed by atoms with Gasteiger partial charge in [-0.3, -0.25) is 14.3 Å². The molecule has 3 heterocycles. The number of fused-ring (bicyclic) bond motifs is 3. The monoisotopic (exact) mass is 702 g/mol. The van der Waals surface area contributed by atoms with Crippen LogP contribution in [0.25, 0.3) is 22.3 Å². The zero-order valence-corrected chi connectivity index (χ0v) is 29.0. The molecule has 0 unspecified atom stereocenters. The molecule has 2 aromatic carbocycles. The molecule has 1 aromatic heterocycles. The van der Waals surface area contributed by atoms with Crippen molar-refractivity contribution in [2.75, 3.05) is 20.2 Å². The van der Waals surface area contributed by atoms with Gasteiger partial charge < -0.3 is 25.0 Å². The van der Waals surface area contributed by atoms with Crippen molar-refractivity contribution >= 4 is 38.8 Å². The zero-order chi connectivity index (χ0) is 35.0. The normalized spacial score (nSPS) is 26.4. The molecule has 4 atom stereocenters. The number of benzene rings is 2. The largest absolute Gasteiger partial charge is 0.496 e. The third-order valence-electron chi connectivity index (χ3n) is 10.0. The summed E-state index contributed by atoms with van der Waals surface area (Å²) in [6.07, 6.45) is 7.97. The van der Waals surface area contributed by atoms with Crippen molar-refractivity contribution in [3.05, 3.63) is 60.2 Å².